The summed E-state index contributed by atoms with van der Waals surface area (Å²) in [6.07, 6.45) is 0. The van der Waals surface area contributed by atoms with E-state index in [-0.39, 0.29) is 0 Å². The number of hydrogen-bond acceptors (Lipinski definition) is 0. The van der Waals surface area contributed by atoms with Gasteiger partial charge in [-0.3, -0.25) is 0 Å². The first-order valence-electron chi connectivity index (χ1n) is 3.68. The highest BCUT2D eigenvalue weighted by atomic mass is 35.6. The van der Waals surface area contributed by atoms with Crippen molar-refractivity contribution in [2.45, 2.75) is 39.3 Å². The van der Waals surface area contributed by atoms with Crippen LogP contribution in [-0.4, -0.2) is 8.11 Å². The monoisotopic (exact) mass is 164 g/mol. The van der Waals surface area contributed by atoms with Crippen molar-refractivity contribution in [2.75, 3.05) is 0 Å². The summed E-state index contributed by atoms with van der Waals surface area (Å²) in [7, 11) is -0.861. The van der Waals surface area contributed by atoms with Crippen LogP contribution in [-0.2, 0) is 0 Å². The minimum Gasteiger partial charge on any atom is -0.171 e. The van der Waals surface area contributed by atoms with Gasteiger partial charge >= 0.3 is 0 Å². The molecule has 2 heteroatoms. The zero-order chi connectivity index (χ0) is 7.44. The van der Waals surface area contributed by atoms with Crippen LogP contribution < -0.4 is 0 Å². The summed E-state index contributed by atoms with van der Waals surface area (Å²) in [5, 5.41) is 0. The highest BCUT2D eigenvalue weighted by molar-refractivity contribution is 7.07. The molecule has 0 N–H and O–H groups in total. The third-order valence-corrected chi connectivity index (χ3v) is 6.31. The van der Waals surface area contributed by atoms with Crippen molar-refractivity contribution < 1.29 is 0 Å². The standard InChI is InChI=1S/C7H17ClSi/c1-6(2)5-9(8)7(3)4/h6-7,9H,5H2,1-4H3. The predicted octanol–water partition coefficient (Wildman–Crippen LogP) is 3.02. The number of hydrogen-bond donors (Lipinski definition) is 0. The second-order valence-corrected chi connectivity index (χ2v) is 7.91. The van der Waals surface area contributed by atoms with E-state index in [2.05, 4.69) is 27.7 Å². The molecule has 9 heavy (non-hydrogen) atoms. The van der Waals surface area contributed by atoms with Crippen molar-refractivity contribution in [1.82, 2.24) is 0 Å². The minimum atomic E-state index is -0.861. The molecule has 1 unspecified atom stereocenters. The first kappa shape index (κ1) is 9.51. The highest BCUT2D eigenvalue weighted by Gasteiger charge is 2.12. The Morgan fingerprint density at radius 1 is 1.22 bits per heavy atom. The molecule has 0 bridgehead atoms. The average Bonchev–Trinajstić information content (AvgIpc) is 1.63. The third-order valence-electron chi connectivity index (χ3n) is 1.42. The van der Waals surface area contributed by atoms with Crippen LogP contribution in [0.3, 0.4) is 0 Å². The molecule has 0 saturated carbocycles. The lowest BCUT2D eigenvalue weighted by atomic mass is 10.3. The van der Waals surface area contributed by atoms with Crippen molar-refractivity contribution in [3.63, 3.8) is 0 Å². The molecule has 0 spiro atoms. The molecule has 0 rings (SSSR count). The topological polar surface area (TPSA) is 0 Å². The summed E-state index contributed by atoms with van der Waals surface area (Å²) in [6, 6.07) is 1.28. The lowest BCUT2D eigenvalue weighted by Crippen LogP contribution is -2.10. The van der Waals surface area contributed by atoms with E-state index >= 15 is 0 Å². The van der Waals surface area contributed by atoms with E-state index in [4.69, 9.17) is 11.1 Å². The molecular weight excluding hydrogens is 148 g/mol. The van der Waals surface area contributed by atoms with E-state index in [1.54, 1.807) is 0 Å². The van der Waals surface area contributed by atoms with Gasteiger partial charge in [0.05, 0.1) is 0 Å². The van der Waals surface area contributed by atoms with Gasteiger partial charge in [0.2, 0.25) is 0 Å². The summed E-state index contributed by atoms with van der Waals surface area (Å²) in [4.78, 5) is 0. The summed E-state index contributed by atoms with van der Waals surface area (Å²) in [5.74, 6) is 0.793. The van der Waals surface area contributed by atoms with Crippen molar-refractivity contribution in [3.05, 3.63) is 0 Å². The molecule has 0 aliphatic heterocycles. The van der Waals surface area contributed by atoms with Crippen LogP contribution in [0.1, 0.15) is 27.7 Å². The first-order chi connectivity index (χ1) is 4.04. The van der Waals surface area contributed by atoms with Crippen LogP contribution in [0.25, 0.3) is 0 Å². The van der Waals surface area contributed by atoms with E-state index in [1.807, 2.05) is 0 Å². The van der Waals surface area contributed by atoms with Gasteiger partial charge < -0.3 is 0 Å². The highest BCUT2D eigenvalue weighted by Crippen LogP contribution is 2.19. The van der Waals surface area contributed by atoms with Crippen LogP contribution in [0.5, 0.6) is 0 Å². The zero-order valence-corrected chi connectivity index (χ0v) is 8.73. The Morgan fingerprint density at radius 3 is 1.78 bits per heavy atom. The normalized spacial score (nSPS) is 15.0. The molecule has 0 aromatic heterocycles. The van der Waals surface area contributed by atoms with Crippen molar-refractivity contribution in [3.8, 4) is 0 Å². The Labute approximate surface area is 64.9 Å². The van der Waals surface area contributed by atoms with Crippen molar-refractivity contribution >= 4 is 19.2 Å². The predicted molar refractivity (Wildman–Crippen MR) is 47.7 cm³/mol. The number of halogens is 1. The fraction of sp³-hybridized carbons (Fsp3) is 1.00. The second-order valence-electron chi connectivity index (χ2n) is 3.39. The van der Waals surface area contributed by atoms with Crippen LogP contribution in [0.2, 0.25) is 11.6 Å². The Kier molecular flexibility index (Phi) is 4.59. The van der Waals surface area contributed by atoms with Crippen LogP contribution in [0, 0.1) is 5.92 Å². The molecule has 0 heterocycles. The Balaban J connectivity index is 3.38. The summed E-state index contributed by atoms with van der Waals surface area (Å²) >= 11 is 6.15. The van der Waals surface area contributed by atoms with Crippen molar-refractivity contribution in [2.24, 2.45) is 5.92 Å². The van der Waals surface area contributed by atoms with Gasteiger partial charge in [0, 0.05) is 0 Å². The van der Waals surface area contributed by atoms with Gasteiger partial charge in [0.25, 0.3) is 0 Å². The molecular formula is C7H17ClSi. The Bertz CT molecular complexity index is 71.3. The van der Waals surface area contributed by atoms with Gasteiger partial charge in [-0.25, -0.2) is 0 Å². The van der Waals surface area contributed by atoms with E-state index in [0.717, 1.165) is 11.5 Å². The quantitative estimate of drug-likeness (QED) is 0.445. The molecule has 0 aromatic carbocycles. The maximum atomic E-state index is 6.15. The van der Waals surface area contributed by atoms with Crippen molar-refractivity contribution in [1.29, 1.82) is 0 Å². The largest absolute Gasteiger partial charge is 0.171 e. The second kappa shape index (κ2) is 4.34. The molecule has 1 atom stereocenters. The molecule has 0 aliphatic carbocycles. The van der Waals surface area contributed by atoms with Gasteiger partial charge in [0.1, 0.15) is 8.11 Å². The van der Waals surface area contributed by atoms with Crippen LogP contribution in [0.15, 0.2) is 0 Å². The van der Waals surface area contributed by atoms with Gasteiger partial charge in [-0.05, 0) is 17.5 Å². The van der Waals surface area contributed by atoms with Crippen LogP contribution in [0.4, 0.5) is 0 Å². The van der Waals surface area contributed by atoms with E-state index in [9.17, 15) is 0 Å². The van der Waals surface area contributed by atoms with Gasteiger partial charge in [-0.1, -0.05) is 27.7 Å². The lowest BCUT2D eigenvalue weighted by Gasteiger charge is -2.12. The molecule has 0 radical (unpaired) electrons. The summed E-state index contributed by atoms with van der Waals surface area (Å²) in [5.41, 5.74) is 0.758. The maximum absolute atomic E-state index is 6.15. The lowest BCUT2D eigenvalue weighted by molar-refractivity contribution is 0.722. The molecule has 0 nitrogen and oxygen atoms in total. The summed E-state index contributed by atoms with van der Waals surface area (Å²) < 4.78 is 0. The molecule has 0 aromatic rings. The molecule has 0 amide bonds. The first-order valence-corrected chi connectivity index (χ1v) is 6.91. The SMILES string of the molecule is CC(C)C[SiH](Cl)C(C)C. The van der Waals surface area contributed by atoms with E-state index < -0.39 is 8.11 Å². The fourth-order valence-electron chi connectivity index (χ4n) is 0.723. The third kappa shape index (κ3) is 4.98. The maximum Gasteiger partial charge on any atom is 0.143 e. The molecule has 0 fully saturated rings. The molecule has 56 valence electrons. The smallest absolute Gasteiger partial charge is 0.143 e. The van der Waals surface area contributed by atoms with Gasteiger partial charge in [-0.15, -0.1) is 0 Å². The molecule has 0 saturated heterocycles. The zero-order valence-electron chi connectivity index (χ0n) is 6.82. The molecule has 0 aliphatic rings. The fourth-order valence-corrected chi connectivity index (χ4v) is 3.24. The van der Waals surface area contributed by atoms with Gasteiger partial charge in [0.15, 0.2) is 0 Å². The number of rotatable bonds is 3. The van der Waals surface area contributed by atoms with Crippen LogP contribution >= 0.6 is 11.1 Å². The average molecular weight is 165 g/mol. The minimum absolute atomic E-state index is 0.758. The van der Waals surface area contributed by atoms with Gasteiger partial charge in [-0.2, -0.15) is 11.1 Å². The van der Waals surface area contributed by atoms with E-state index in [1.165, 1.54) is 6.04 Å². The Morgan fingerprint density at radius 2 is 1.67 bits per heavy atom. The van der Waals surface area contributed by atoms with E-state index in [0.29, 0.717) is 0 Å². The Hall–Kier alpha value is 0.507. The summed E-state index contributed by atoms with van der Waals surface area (Å²) in [6.45, 7) is 8.94.